The monoisotopic (exact) mass is 414 g/mol. The summed E-state index contributed by atoms with van der Waals surface area (Å²) < 4.78 is 10.7. The number of morpholine rings is 1. The Morgan fingerprint density at radius 1 is 1.28 bits per heavy atom. The summed E-state index contributed by atoms with van der Waals surface area (Å²) in [5, 5.41) is 5.70. The summed E-state index contributed by atoms with van der Waals surface area (Å²) in [6.45, 7) is 3.37. The molecular formula is C21H24N3O4S+. The van der Waals surface area contributed by atoms with Crippen molar-refractivity contribution in [3.63, 3.8) is 0 Å². The van der Waals surface area contributed by atoms with E-state index in [4.69, 9.17) is 9.47 Å². The van der Waals surface area contributed by atoms with Crippen LogP contribution < -0.4 is 20.3 Å². The first-order chi connectivity index (χ1) is 14.2. The Labute approximate surface area is 173 Å². The minimum Gasteiger partial charge on any atom is -0.496 e. The molecule has 2 heterocycles. The molecule has 4 rings (SSSR count). The highest BCUT2D eigenvalue weighted by atomic mass is 32.2. The van der Waals surface area contributed by atoms with Gasteiger partial charge in [-0.05, 0) is 24.3 Å². The highest BCUT2D eigenvalue weighted by molar-refractivity contribution is 8.00. The third kappa shape index (κ3) is 4.39. The molecule has 3 N–H and O–H groups in total. The molecule has 0 aromatic heterocycles. The number of rotatable bonds is 5. The van der Waals surface area contributed by atoms with Crippen LogP contribution in [0, 0.1) is 0 Å². The van der Waals surface area contributed by atoms with Crippen molar-refractivity contribution in [3.8, 4) is 5.75 Å². The highest BCUT2D eigenvalue weighted by Gasteiger charge is 2.36. The van der Waals surface area contributed by atoms with Gasteiger partial charge in [0, 0.05) is 22.6 Å². The molecule has 2 aromatic carbocycles. The average Bonchev–Trinajstić information content (AvgIpc) is 2.77. The van der Waals surface area contributed by atoms with Gasteiger partial charge in [-0.25, -0.2) is 0 Å². The zero-order chi connectivity index (χ0) is 20.2. The first-order valence-corrected chi connectivity index (χ1v) is 10.5. The van der Waals surface area contributed by atoms with Gasteiger partial charge < -0.3 is 25.0 Å². The number of anilines is 1. The normalized spacial score (nSPS) is 19.2. The minimum atomic E-state index is -0.195. The quantitative estimate of drug-likeness (QED) is 0.678. The molecule has 152 valence electrons. The third-order valence-electron chi connectivity index (χ3n) is 5.12. The lowest BCUT2D eigenvalue weighted by Gasteiger charge is -2.32. The first kappa shape index (κ1) is 19.8. The molecule has 29 heavy (non-hydrogen) atoms. The third-order valence-corrected chi connectivity index (χ3v) is 6.51. The smallest absolute Gasteiger partial charge is 0.294 e. The molecule has 1 fully saturated rings. The van der Waals surface area contributed by atoms with Crippen molar-refractivity contribution in [2.45, 2.75) is 16.8 Å². The number of methoxy groups -OCH3 is 1. The van der Waals surface area contributed by atoms with Crippen molar-refractivity contribution in [2.75, 3.05) is 38.7 Å². The Hall–Kier alpha value is -2.55. The summed E-state index contributed by atoms with van der Waals surface area (Å²) in [7, 11) is 1.61. The molecule has 1 atom stereocenters. The van der Waals surface area contributed by atoms with E-state index in [1.54, 1.807) is 31.0 Å². The van der Waals surface area contributed by atoms with Gasteiger partial charge in [-0.15, -0.1) is 0 Å². The van der Waals surface area contributed by atoms with Crippen LogP contribution in [0.25, 0.3) is 0 Å². The summed E-state index contributed by atoms with van der Waals surface area (Å²) in [6, 6.07) is 13.0. The summed E-state index contributed by atoms with van der Waals surface area (Å²) in [5.74, 6) is 0.517. The first-order valence-electron chi connectivity index (χ1n) is 9.59. The number of fused-ring (bicyclic) bond motifs is 1. The van der Waals surface area contributed by atoms with E-state index in [-0.39, 0.29) is 17.2 Å². The Morgan fingerprint density at radius 3 is 2.86 bits per heavy atom. The number of hydrogen-bond donors (Lipinski definition) is 3. The van der Waals surface area contributed by atoms with Crippen LogP contribution in [-0.2, 0) is 16.1 Å². The fraction of sp³-hybridized carbons (Fsp3) is 0.333. The zero-order valence-corrected chi connectivity index (χ0v) is 17.0. The van der Waals surface area contributed by atoms with Crippen LogP contribution in [0.1, 0.15) is 15.9 Å². The van der Waals surface area contributed by atoms with Crippen molar-refractivity contribution in [1.82, 2.24) is 5.32 Å². The SMILES string of the molecule is COc1ccccc1CNC(=O)c1ccc2c(c1)NC(=O)C([NH+]1CCOCC1)S2. The Morgan fingerprint density at radius 2 is 2.07 bits per heavy atom. The van der Waals surface area contributed by atoms with Gasteiger partial charge >= 0.3 is 0 Å². The number of carbonyl (C=O) groups excluding carboxylic acids is 2. The molecule has 1 saturated heterocycles. The van der Waals surface area contributed by atoms with E-state index in [9.17, 15) is 9.59 Å². The predicted molar refractivity (Wildman–Crippen MR) is 110 cm³/mol. The van der Waals surface area contributed by atoms with Crippen LogP contribution in [0.4, 0.5) is 5.69 Å². The maximum Gasteiger partial charge on any atom is 0.294 e. The number of para-hydroxylation sites is 1. The lowest BCUT2D eigenvalue weighted by Crippen LogP contribution is -3.18. The molecule has 1 unspecified atom stereocenters. The average molecular weight is 415 g/mol. The van der Waals surface area contributed by atoms with Gasteiger partial charge in [-0.3, -0.25) is 9.59 Å². The molecule has 8 heteroatoms. The fourth-order valence-electron chi connectivity index (χ4n) is 3.54. The summed E-state index contributed by atoms with van der Waals surface area (Å²) in [5.41, 5.74) is 2.10. The van der Waals surface area contributed by atoms with Gasteiger partial charge in [0.05, 0.1) is 26.0 Å². The van der Waals surface area contributed by atoms with Crippen molar-refractivity contribution in [1.29, 1.82) is 0 Å². The number of carbonyl (C=O) groups is 2. The van der Waals surface area contributed by atoms with Crippen molar-refractivity contribution in [2.24, 2.45) is 0 Å². The van der Waals surface area contributed by atoms with Crippen LogP contribution in [0.5, 0.6) is 5.75 Å². The lowest BCUT2D eigenvalue weighted by molar-refractivity contribution is -0.909. The number of thioether (sulfide) groups is 1. The van der Waals surface area contributed by atoms with E-state index >= 15 is 0 Å². The second kappa shape index (κ2) is 8.86. The van der Waals surface area contributed by atoms with E-state index in [0.717, 1.165) is 29.3 Å². The molecule has 0 saturated carbocycles. The number of nitrogens with one attached hydrogen (secondary N) is 3. The lowest BCUT2D eigenvalue weighted by atomic mass is 10.1. The maximum atomic E-state index is 12.6. The molecule has 7 nitrogen and oxygen atoms in total. The molecule has 2 aliphatic rings. The van der Waals surface area contributed by atoms with Crippen molar-refractivity contribution >= 4 is 29.3 Å². The molecule has 2 aliphatic heterocycles. The highest BCUT2D eigenvalue weighted by Crippen LogP contribution is 2.34. The van der Waals surface area contributed by atoms with Crippen LogP contribution in [0.2, 0.25) is 0 Å². The number of hydrogen-bond acceptors (Lipinski definition) is 5. The van der Waals surface area contributed by atoms with Crippen LogP contribution in [0.3, 0.4) is 0 Å². The van der Waals surface area contributed by atoms with Gasteiger partial charge in [-0.1, -0.05) is 30.0 Å². The number of amides is 2. The summed E-state index contributed by atoms with van der Waals surface area (Å²) in [4.78, 5) is 27.4. The Bertz CT molecular complexity index is 915. The molecule has 2 amide bonds. The van der Waals surface area contributed by atoms with E-state index < -0.39 is 0 Å². The second-order valence-electron chi connectivity index (χ2n) is 6.96. The number of ether oxygens (including phenoxy) is 2. The number of quaternary nitrogens is 1. The summed E-state index contributed by atoms with van der Waals surface area (Å²) in [6.07, 6.45) is 0. The molecule has 2 aromatic rings. The van der Waals surface area contributed by atoms with E-state index in [0.29, 0.717) is 31.0 Å². The summed E-state index contributed by atoms with van der Waals surface area (Å²) >= 11 is 1.55. The largest absolute Gasteiger partial charge is 0.496 e. The van der Waals surface area contributed by atoms with Gasteiger partial charge in [0.25, 0.3) is 11.8 Å². The topological polar surface area (TPSA) is 81.1 Å². The minimum absolute atomic E-state index is 0.0222. The Kier molecular flexibility index (Phi) is 6.03. The van der Waals surface area contributed by atoms with Crippen molar-refractivity contribution in [3.05, 3.63) is 53.6 Å². The van der Waals surface area contributed by atoms with Gasteiger partial charge in [0.1, 0.15) is 18.8 Å². The van der Waals surface area contributed by atoms with Crippen LogP contribution in [-0.4, -0.2) is 50.6 Å². The maximum absolute atomic E-state index is 12.6. The van der Waals surface area contributed by atoms with Gasteiger partial charge in [0.15, 0.2) is 0 Å². The molecule has 0 radical (unpaired) electrons. The van der Waals surface area contributed by atoms with Crippen molar-refractivity contribution < 1.29 is 24.0 Å². The van der Waals surface area contributed by atoms with Gasteiger partial charge in [-0.2, -0.15) is 0 Å². The van der Waals surface area contributed by atoms with E-state index in [1.165, 1.54) is 4.90 Å². The Balaban J connectivity index is 1.44. The molecular weight excluding hydrogens is 390 g/mol. The number of benzene rings is 2. The molecule has 0 spiro atoms. The molecule has 0 aliphatic carbocycles. The van der Waals surface area contributed by atoms with E-state index in [2.05, 4.69) is 10.6 Å². The van der Waals surface area contributed by atoms with Crippen LogP contribution in [0.15, 0.2) is 47.4 Å². The standard InChI is InChI=1S/C21H23N3O4S/c1-27-17-5-3-2-4-15(17)13-22-19(25)14-6-7-18-16(12-14)23-20(26)21(29-18)24-8-10-28-11-9-24/h2-7,12,21H,8-11,13H2,1H3,(H,22,25)(H,23,26)/p+1. The fourth-order valence-corrected chi connectivity index (χ4v) is 4.75. The van der Waals surface area contributed by atoms with E-state index in [1.807, 2.05) is 30.3 Å². The van der Waals surface area contributed by atoms with Crippen LogP contribution >= 0.6 is 11.8 Å². The second-order valence-corrected chi connectivity index (χ2v) is 8.11. The predicted octanol–water partition coefficient (Wildman–Crippen LogP) is 0.911. The zero-order valence-electron chi connectivity index (χ0n) is 16.2. The molecule has 0 bridgehead atoms. The van der Waals surface area contributed by atoms with Gasteiger partial charge in [0.2, 0.25) is 5.37 Å².